The van der Waals surface area contributed by atoms with E-state index in [4.69, 9.17) is 5.11 Å². The van der Waals surface area contributed by atoms with Crippen molar-refractivity contribution in [2.75, 3.05) is 0 Å². The summed E-state index contributed by atoms with van der Waals surface area (Å²) in [7, 11) is 0. The molecule has 1 rings (SSSR count). The lowest BCUT2D eigenvalue weighted by Gasteiger charge is -2.24. The monoisotopic (exact) mass is 204 g/mol. The number of carboxylic acids is 1. The lowest BCUT2D eigenvalue weighted by Crippen LogP contribution is -2.32. The number of carbonyl (C=O) groups is 1. The molecule has 0 aliphatic heterocycles. The Bertz CT molecular complexity index is 203. The average Bonchev–Trinajstić information content (AvgIpc) is 2.35. The van der Waals surface area contributed by atoms with Gasteiger partial charge < -0.3 is 10.2 Å². The summed E-state index contributed by atoms with van der Waals surface area (Å²) in [6.07, 6.45) is 2.44. The first kappa shape index (κ1) is 10.9. The molecule has 2 unspecified atom stereocenters. The van der Waals surface area contributed by atoms with Gasteiger partial charge in [0.1, 0.15) is 4.75 Å². The summed E-state index contributed by atoms with van der Waals surface area (Å²) in [5, 5.41) is 18.5. The number of thioether (sulfide) groups is 1. The van der Waals surface area contributed by atoms with Crippen molar-refractivity contribution in [3.63, 3.8) is 0 Å². The number of aliphatic hydroxyl groups is 1. The van der Waals surface area contributed by atoms with Gasteiger partial charge in [-0.3, -0.25) is 4.79 Å². The number of aliphatic hydroxyl groups excluding tert-OH is 1. The quantitative estimate of drug-likeness (QED) is 0.731. The zero-order chi connectivity index (χ0) is 10.1. The molecule has 0 aromatic rings. The first-order valence-electron chi connectivity index (χ1n) is 4.53. The second kappa shape index (κ2) is 3.88. The van der Waals surface area contributed by atoms with Crippen molar-refractivity contribution in [3.05, 3.63) is 0 Å². The molecule has 3 nitrogen and oxygen atoms in total. The Labute approximate surface area is 82.5 Å². The van der Waals surface area contributed by atoms with E-state index in [0.29, 0.717) is 0 Å². The second-order valence-corrected chi connectivity index (χ2v) is 5.83. The molecular weight excluding hydrogens is 188 g/mol. The maximum absolute atomic E-state index is 10.8. The fourth-order valence-electron chi connectivity index (χ4n) is 1.47. The van der Waals surface area contributed by atoms with E-state index in [9.17, 15) is 9.90 Å². The largest absolute Gasteiger partial charge is 0.480 e. The fraction of sp³-hybridized carbons (Fsp3) is 0.889. The molecular formula is C9H16O3S. The highest BCUT2D eigenvalue weighted by Crippen LogP contribution is 2.37. The fourth-order valence-corrected chi connectivity index (χ4v) is 2.91. The van der Waals surface area contributed by atoms with Crippen LogP contribution in [-0.2, 0) is 4.79 Å². The van der Waals surface area contributed by atoms with Crippen LogP contribution in [0.4, 0.5) is 0 Å². The van der Waals surface area contributed by atoms with E-state index in [1.807, 2.05) is 0 Å². The van der Waals surface area contributed by atoms with Gasteiger partial charge in [-0.05, 0) is 33.1 Å². The SMILES string of the molecule is CC(C)(SC1CCCC1O)C(=O)O. The zero-order valence-corrected chi connectivity index (χ0v) is 8.80. The van der Waals surface area contributed by atoms with Gasteiger partial charge in [0, 0.05) is 5.25 Å². The Hall–Kier alpha value is -0.220. The van der Waals surface area contributed by atoms with Gasteiger partial charge in [-0.1, -0.05) is 0 Å². The molecule has 76 valence electrons. The standard InChI is InChI=1S/C9H16O3S/c1-9(2,8(11)12)13-7-5-3-4-6(7)10/h6-7,10H,3-5H2,1-2H3,(H,11,12). The molecule has 0 radical (unpaired) electrons. The molecule has 1 aliphatic carbocycles. The van der Waals surface area contributed by atoms with Crippen molar-refractivity contribution in [1.82, 2.24) is 0 Å². The predicted molar refractivity (Wildman–Crippen MR) is 53.0 cm³/mol. The van der Waals surface area contributed by atoms with Crippen molar-refractivity contribution < 1.29 is 15.0 Å². The van der Waals surface area contributed by atoms with Gasteiger partial charge in [0.15, 0.2) is 0 Å². The highest BCUT2D eigenvalue weighted by molar-refractivity contribution is 8.02. The Morgan fingerprint density at radius 3 is 2.46 bits per heavy atom. The van der Waals surface area contributed by atoms with Crippen LogP contribution in [0.15, 0.2) is 0 Å². The van der Waals surface area contributed by atoms with Gasteiger partial charge in [-0.15, -0.1) is 11.8 Å². The Kier molecular flexibility index (Phi) is 3.24. The summed E-state index contributed by atoms with van der Waals surface area (Å²) >= 11 is 1.38. The highest BCUT2D eigenvalue weighted by atomic mass is 32.2. The minimum atomic E-state index is -0.809. The van der Waals surface area contributed by atoms with E-state index in [1.165, 1.54) is 11.8 Å². The summed E-state index contributed by atoms with van der Waals surface area (Å²) in [5.41, 5.74) is 0. The molecule has 1 saturated carbocycles. The summed E-state index contributed by atoms with van der Waals surface area (Å²) in [4.78, 5) is 10.8. The molecule has 0 heterocycles. The van der Waals surface area contributed by atoms with Crippen molar-refractivity contribution in [1.29, 1.82) is 0 Å². The van der Waals surface area contributed by atoms with Crippen molar-refractivity contribution in [2.24, 2.45) is 0 Å². The second-order valence-electron chi connectivity index (χ2n) is 3.97. The molecule has 0 spiro atoms. The molecule has 1 aliphatic rings. The Balaban J connectivity index is 2.52. The van der Waals surface area contributed by atoms with Gasteiger partial charge in [-0.25, -0.2) is 0 Å². The van der Waals surface area contributed by atoms with Crippen LogP contribution in [0.25, 0.3) is 0 Å². The van der Waals surface area contributed by atoms with E-state index < -0.39 is 10.7 Å². The number of hydrogen-bond acceptors (Lipinski definition) is 3. The first-order valence-corrected chi connectivity index (χ1v) is 5.41. The van der Waals surface area contributed by atoms with Crippen LogP contribution in [0.2, 0.25) is 0 Å². The maximum Gasteiger partial charge on any atom is 0.319 e. The average molecular weight is 204 g/mol. The third-order valence-electron chi connectivity index (χ3n) is 2.38. The normalized spacial score (nSPS) is 29.2. The van der Waals surface area contributed by atoms with E-state index >= 15 is 0 Å². The molecule has 0 amide bonds. The molecule has 13 heavy (non-hydrogen) atoms. The van der Waals surface area contributed by atoms with E-state index in [2.05, 4.69) is 0 Å². The summed E-state index contributed by atoms with van der Waals surface area (Å²) in [6, 6.07) is 0. The molecule has 0 aromatic carbocycles. The van der Waals surface area contributed by atoms with Crippen molar-refractivity contribution in [2.45, 2.75) is 49.2 Å². The topological polar surface area (TPSA) is 57.5 Å². The molecule has 0 aromatic heterocycles. The molecule has 0 bridgehead atoms. The van der Waals surface area contributed by atoms with Crippen LogP contribution >= 0.6 is 11.8 Å². The van der Waals surface area contributed by atoms with Crippen LogP contribution < -0.4 is 0 Å². The van der Waals surface area contributed by atoms with E-state index in [-0.39, 0.29) is 11.4 Å². The van der Waals surface area contributed by atoms with Crippen LogP contribution in [0.1, 0.15) is 33.1 Å². The minimum absolute atomic E-state index is 0.103. The smallest absolute Gasteiger partial charge is 0.319 e. The molecule has 1 fully saturated rings. The van der Waals surface area contributed by atoms with E-state index in [0.717, 1.165) is 19.3 Å². The molecule has 0 saturated heterocycles. The third kappa shape index (κ3) is 2.61. The summed E-state index contributed by atoms with van der Waals surface area (Å²) in [5.74, 6) is -0.809. The van der Waals surface area contributed by atoms with E-state index in [1.54, 1.807) is 13.8 Å². The minimum Gasteiger partial charge on any atom is -0.480 e. The first-order chi connectivity index (χ1) is 5.93. The van der Waals surface area contributed by atoms with Gasteiger partial charge in [0.05, 0.1) is 6.10 Å². The van der Waals surface area contributed by atoms with Crippen LogP contribution in [0.3, 0.4) is 0 Å². The van der Waals surface area contributed by atoms with Gasteiger partial charge in [0.25, 0.3) is 0 Å². The lowest BCUT2D eigenvalue weighted by molar-refractivity contribution is -0.138. The van der Waals surface area contributed by atoms with Crippen molar-refractivity contribution in [3.8, 4) is 0 Å². The highest BCUT2D eigenvalue weighted by Gasteiger charge is 2.36. The predicted octanol–water partition coefficient (Wildman–Crippen LogP) is 1.50. The number of hydrogen-bond donors (Lipinski definition) is 2. The van der Waals surface area contributed by atoms with Crippen molar-refractivity contribution >= 4 is 17.7 Å². The number of aliphatic carboxylic acids is 1. The van der Waals surface area contributed by atoms with Gasteiger partial charge >= 0.3 is 5.97 Å². The zero-order valence-electron chi connectivity index (χ0n) is 7.99. The third-order valence-corrected chi connectivity index (χ3v) is 4.00. The lowest BCUT2D eigenvalue weighted by atomic mass is 10.2. The van der Waals surface area contributed by atoms with Crippen LogP contribution in [0.5, 0.6) is 0 Å². The maximum atomic E-state index is 10.8. The Morgan fingerprint density at radius 1 is 1.46 bits per heavy atom. The Morgan fingerprint density at radius 2 is 2.08 bits per heavy atom. The van der Waals surface area contributed by atoms with Crippen LogP contribution in [0, 0.1) is 0 Å². The number of carboxylic acid groups (broad SMARTS) is 1. The van der Waals surface area contributed by atoms with Gasteiger partial charge in [0.2, 0.25) is 0 Å². The summed E-state index contributed by atoms with van der Waals surface area (Å²) < 4.78 is -0.782. The van der Waals surface area contributed by atoms with Gasteiger partial charge in [-0.2, -0.15) is 0 Å². The molecule has 4 heteroatoms. The van der Waals surface area contributed by atoms with Crippen LogP contribution in [-0.4, -0.2) is 32.3 Å². The molecule has 2 atom stereocenters. The summed E-state index contributed by atoms with van der Waals surface area (Å²) in [6.45, 7) is 3.37. The number of rotatable bonds is 3. The molecule has 2 N–H and O–H groups in total.